The molecule has 2 saturated carbocycles. The third kappa shape index (κ3) is 19.7. The fraction of sp³-hybridized carbons (Fsp3) is 0.750. The standard InChI is InChI=1S/C20H34O5.C20H32O5/c2*1-2-3-6-9-15(21)12-13-17-16(18(22)14-19(17)23)10-7-4-5-8-11-20(24)25/h12-13,15-17,19,21,23H,2-11,14H2,1H3,(H,24,25);4,7,12-13,15-17,19,21,23H,2-3,5-6,8-11,14H2,1H3,(H,24,25)/b13-12+;7-4-,13-12+. The topological polar surface area (TPSA) is 190 Å². The summed E-state index contributed by atoms with van der Waals surface area (Å²) in [5.41, 5.74) is 0. The molecule has 8 atom stereocenters. The number of carboxylic acids is 2. The van der Waals surface area contributed by atoms with E-state index in [1.165, 1.54) is 0 Å². The number of Topliss-reactive ketones (excluding diaryl/α,β-unsaturated/α-hetero) is 2. The van der Waals surface area contributed by atoms with Gasteiger partial charge in [-0.25, -0.2) is 0 Å². The van der Waals surface area contributed by atoms with E-state index < -0.39 is 36.4 Å². The molecule has 0 aliphatic heterocycles. The van der Waals surface area contributed by atoms with Crippen molar-refractivity contribution in [1.29, 1.82) is 0 Å². The van der Waals surface area contributed by atoms with E-state index in [-0.39, 0.29) is 60.9 Å². The molecule has 2 aliphatic carbocycles. The van der Waals surface area contributed by atoms with E-state index in [0.717, 1.165) is 70.6 Å². The summed E-state index contributed by atoms with van der Waals surface area (Å²) in [5, 5.41) is 57.4. The molecular formula is C40H66O10. The highest BCUT2D eigenvalue weighted by Crippen LogP contribution is 2.35. The van der Waals surface area contributed by atoms with E-state index >= 15 is 0 Å². The molecule has 0 bridgehead atoms. The van der Waals surface area contributed by atoms with Crippen molar-refractivity contribution < 1.29 is 49.8 Å². The van der Waals surface area contributed by atoms with Crippen LogP contribution in [0, 0.1) is 23.7 Å². The Balaban J connectivity index is 0.000000500. The lowest BCUT2D eigenvalue weighted by molar-refractivity contribution is -0.138. The minimum atomic E-state index is -0.801. The molecule has 6 N–H and O–H groups in total. The molecule has 2 fully saturated rings. The molecule has 0 radical (unpaired) electrons. The molecule has 10 heteroatoms. The van der Waals surface area contributed by atoms with Gasteiger partial charge in [-0.2, -0.15) is 0 Å². The van der Waals surface area contributed by atoms with E-state index in [9.17, 15) is 39.6 Å². The van der Waals surface area contributed by atoms with Crippen LogP contribution >= 0.6 is 0 Å². The molecular weight excluding hydrogens is 640 g/mol. The fourth-order valence-electron chi connectivity index (χ4n) is 6.76. The number of unbranched alkanes of at least 4 members (excludes halogenated alkanes) is 8. The second-order valence-corrected chi connectivity index (χ2v) is 14.1. The molecule has 0 spiro atoms. The largest absolute Gasteiger partial charge is 0.481 e. The van der Waals surface area contributed by atoms with Crippen LogP contribution in [0.1, 0.15) is 142 Å². The van der Waals surface area contributed by atoms with Gasteiger partial charge in [0.15, 0.2) is 0 Å². The highest BCUT2D eigenvalue weighted by atomic mass is 16.4. The summed E-state index contributed by atoms with van der Waals surface area (Å²) in [6.45, 7) is 4.23. The molecule has 0 saturated heterocycles. The lowest BCUT2D eigenvalue weighted by atomic mass is 9.88. The van der Waals surface area contributed by atoms with Crippen molar-refractivity contribution in [2.75, 3.05) is 0 Å². The number of allylic oxidation sites excluding steroid dienone is 2. The van der Waals surface area contributed by atoms with Crippen molar-refractivity contribution in [3.63, 3.8) is 0 Å². The Morgan fingerprint density at radius 3 is 1.66 bits per heavy atom. The maximum Gasteiger partial charge on any atom is 0.303 e. The van der Waals surface area contributed by atoms with E-state index in [0.29, 0.717) is 32.1 Å². The summed E-state index contributed by atoms with van der Waals surface area (Å²) in [7, 11) is 0. The first kappa shape index (κ1) is 45.4. The van der Waals surface area contributed by atoms with E-state index in [2.05, 4.69) is 13.8 Å². The molecule has 2 aliphatic rings. The van der Waals surface area contributed by atoms with Crippen LogP contribution in [0.5, 0.6) is 0 Å². The number of aliphatic hydroxyl groups excluding tert-OH is 4. The van der Waals surface area contributed by atoms with Gasteiger partial charge < -0.3 is 30.6 Å². The smallest absolute Gasteiger partial charge is 0.303 e. The van der Waals surface area contributed by atoms with Gasteiger partial charge in [0.05, 0.1) is 24.4 Å². The number of carboxylic acid groups (broad SMARTS) is 2. The van der Waals surface area contributed by atoms with Gasteiger partial charge in [-0.05, 0) is 44.9 Å². The van der Waals surface area contributed by atoms with E-state index in [4.69, 9.17) is 10.2 Å². The Morgan fingerprint density at radius 2 is 1.14 bits per heavy atom. The Labute approximate surface area is 299 Å². The average molecular weight is 707 g/mol. The number of aliphatic carboxylic acids is 2. The maximum absolute atomic E-state index is 12.1. The average Bonchev–Trinajstić information content (AvgIpc) is 3.49. The van der Waals surface area contributed by atoms with Gasteiger partial charge >= 0.3 is 11.9 Å². The summed E-state index contributed by atoms with van der Waals surface area (Å²) in [5.74, 6) is -2.30. The molecule has 0 aromatic rings. The quantitative estimate of drug-likeness (QED) is 0.0439. The van der Waals surface area contributed by atoms with Crippen LogP contribution in [0.3, 0.4) is 0 Å². The predicted molar refractivity (Wildman–Crippen MR) is 194 cm³/mol. The molecule has 2 rings (SSSR count). The van der Waals surface area contributed by atoms with Crippen molar-refractivity contribution in [3.8, 4) is 0 Å². The molecule has 50 heavy (non-hydrogen) atoms. The zero-order valence-corrected chi connectivity index (χ0v) is 30.5. The summed E-state index contributed by atoms with van der Waals surface area (Å²) in [6, 6.07) is 0. The lowest BCUT2D eigenvalue weighted by Crippen LogP contribution is -2.19. The maximum atomic E-state index is 12.1. The first-order valence-corrected chi connectivity index (χ1v) is 19.1. The Morgan fingerprint density at radius 1 is 0.660 bits per heavy atom. The van der Waals surface area contributed by atoms with Crippen LogP contribution in [0.2, 0.25) is 0 Å². The minimum absolute atomic E-state index is 0.0535. The number of ketones is 2. The normalized spacial score (nSPS) is 25.1. The second-order valence-electron chi connectivity index (χ2n) is 14.1. The summed E-state index contributed by atoms with van der Waals surface area (Å²) in [6.07, 6.45) is 22.8. The van der Waals surface area contributed by atoms with Crippen LogP contribution in [0.25, 0.3) is 0 Å². The molecule has 8 unspecified atom stereocenters. The van der Waals surface area contributed by atoms with Gasteiger partial charge in [-0.1, -0.05) is 108 Å². The Kier molecular flexibility index (Phi) is 24.5. The first-order chi connectivity index (χ1) is 23.9. The SMILES string of the molecule is CCCCCC(O)/C=C/C1C(O)CC(=O)C1C/C=C\CCCC(=O)O.CCCCCC(O)/C=C/C1C(O)CC(=O)C1CCCCCCC(=O)O. The highest BCUT2D eigenvalue weighted by Gasteiger charge is 2.40. The van der Waals surface area contributed by atoms with Gasteiger partial charge in [-0.3, -0.25) is 19.2 Å². The van der Waals surface area contributed by atoms with E-state index in [1.807, 2.05) is 18.2 Å². The number of carbonyl (C=O) groups excluding carboxylic acids is 2. The van der Waals surface area contributed by atoms with Gasteiger partial charge in [-0.15, -0.1) is 0 Å². The van der Waals surface area contributed by atoms with Crippen LogP contribution in [0.15, 0.2) is 36.5 Å². The van der Waals surface area contributed by atoms with Crippen LogP contribution in [0.4, 0.5) is 0 Å². The van der Waals surface area contributed by atoms with Crippen molar-refractivity contribution in [1.82, 2.24) is 0 Å². The third-order valence-corrected chi connectivity index (χ3v) is 9.76. The third-order valence-electron chi connectivity index (χ3n) is 9.76. The first-order valence-electron chi connectivity index (χ1n) is 19.1. The van der Waals surface area contributed by atoms with Crippen molar-refractivity contribution in [3.05, 3.63) is 36.5 Å². The zero-order chi connectivity index (χ0) is 37.3. The number of hydrogen-bond donors (Lipinski definition) is 6. The van der Waals surface area contributed by atoms with Crippen molar-refractivity contribution >= 4 is 23.5 Å². The van der Waals surface area contributed by atoms with Gasteiger partial charge in [0.2, 0.25) is 0 Å². The molecule has 10 nitrogen and oxygen atoms in total. The molecule has 0 aromatic heterocycles. The van der Waals surface area contributed by atoms with Gasteiger partial charge in [0.25, 0.3) is 0 Å². The van der Waals surface area contributed by atoms with E-state index in [1.54, 1.807) is 18.2 Å². The summed E-state index contributed by atoms with van der Waals surface area (Å²) in [4.78, 5) is 45.1. The van der Waals surface area contributed by atoms with Crippen LogP contribution < -0.4 is 0 Å². The van der Waals surface area contributed by atoms with Crippen LogP contribution in [-0.2, 0) is 19.2 Å². The highest BCUT2D eigenvalue weighted by molar-refractivity contribution is 5.85. The number of aliphatic hydroxyl groups is 4. The number of hydrogen-bond acceptors (Lipinski definition) is 8. The molecule has 0 heterocycles. The van der Waals surface area contributed by atoms with Crippen molar-refractivity contribution in [2.24, 2.45) is 23.7 Å². The summed E-state index contributed by atoms with van der Waals surface area (Å²) < 4.78 is 0. The Bertz CT molecular complexity index is 1070. The number of carbonyl (C=O) groups is 4. The predicted octanol–water partition coefficient (Wildman–Crippen LogP) is 6.73. The van der Waals surface area contributed by atoms with Crippen LogP contribution in [-0.4, -0.2) is 78.6 Å². The monoisotopic (exact) mass is 706 g/mol. The molecule has 286 valence electrons. The second kappa shape index (κ2) is 27.1. The molecule has 0 amide bonds. The summed E-state index contributed by atoms with van der Waals surface area (Å²) >= 11 is 0. The Hall–Kier alpha value is -2.66. The zero-order valence-electron chi connectivity index (χ0n) is 30.5. The lowest BCUT2D eigenvalue weighted by Gasteiger charge is -2.18. The fourth-order valence-corrected chi connectivity index (χ4v) is 6.76. The van der Waals surface area contributed by atoms with Crippen molar-refractivity contribution in [2.45, 2.75) is 167 Å². The number of rotatable bonds is 25. The van der Waals surface area contributed by atoms with Gasteiger partial charge in [0, 0.05) is 49.4 Å². The molecule has 0 aromatic carbocycles. The minimum Gasteiger partial charge on any atom is -0.481 e. The van der Waals surface area contributed by atoms with Gasteiger partial charge in [0.1, 0.15) is 11.6 Å².